The van der Waals surface area contributed by atoms with Gasteiger partial charge in [-0.25, -0.2) is 0 Å². The van der Waals surface area contributed by atoms with Crippen molar-refractivity contribution in [1.29, 1.82) is 0 Å². The summed E-state index contributed by atoms with van der Waals surface area (Å²) in [6.07, 6.45) is -6.70. The minimum atomic E-state index is -1.48. The van der Waals surface area contributed by atoms with Crippen molar-refractivity contribution in [1.82, 2.24) is 0 Å². The first-order valence-electron chi connectivity index (χ1n) is 7.99. The molecule has 0 saturated carbocycles. The van der Waals surface area contributed by atoms with Gasteiger partial charge in [-0.2, -0.15) is 0 Å². The molecule has 152 valence electrons. The van der Waals surface area contributed by atoms with Gasteiger partial charge >= 0.3 is 29.8 Å². The third-order valence-electron chi connectivity index (χ3n) is 3.23. The normalized spacial score (nSPS) is 27.1. The lowest BCUT2D eigenvalue weighted by Gasteiger charge is -2.43. The van der Waals surface area contributed by atoms with Gasteiger partial charge in [-0.15, -0.1) is 0 Å². The molecule has 0 radical (unpaired) electrons. The molecular formula is C16H22O11. The van der Waals surface area contributed by atoms with Gasteiger partial charge in [-0.3, -0.25) is 24.0 Å². The van der Waals surface area contributed by atoms with Gasteiger partial charge in [0.05, 0.1) is 0 Å². The van der Waals surface area contributed by atoms with Gasteiger partial charge < -0.3 is 28.4 Å². The van der Waals surface area contributed by atoms with Crippen LogP contribution in [0.5, 0.6) is 0 Å². The molecule has 11 nitrogen and oxygen atoms in total. The van der Waals surface area contributed by atoms with Crippen LogP contribution in [-0.4, -0.2) is 67.2 Å². The smallest absolute Gasteiger partial charge is 0.305 e. The van der Waals surface area contributed by atoms with Crippen molar-refractivity contribution < 1.29 is 52.4 Å². The maximum Gasteiger partial charge on any atom is 0.305 e. The zero-order valence-corrected chi connectivity index (χ0v) is 15.6. The van der Waals surface area contributed by atoms with Gasteiger partial charge in [-0.05, 0) is 0 Å². The van der Waals surface area contributed by atoms with Crippen LogP contribution in [0.2, 0.25) is 0 Å². The summed E-state index contributed by atoms with van der Waals surface area (Å²) in [5, 5.41) is 0. The van der Waals surface area contributed by atoms with E-state index >= 15 is 0 Å². The maximum atomic E-state index is 11.5. The molecule has 0 aromatic carbocycles. The van der Waals surface area contributed by atoms with Crippen molar-refractivity contribution >= 4 is 29.8 Å². The molecule has 0 amide bonds. The van der Waals surface area contributed by atoms with Gasteiger partial charge in [0.25, 0.3) is 0 Å². The number of carbonyl (C=O) groups excluding carboxylic acids is 5. The first-order valence-corrected chi connectivity index (χ1v) is 7.99. The van der Waals surface area contributed by atoms with Crippen molar-refractivity contribution in [3.8, 4) is 0 Å². The first-order chi connectivity index (χ1) is 12.5. The van der Waals surface area contributed by atoms with Crippen LogP contribution in [0.4, 0.5) is 0 Å². The number of hydrogen-bond donors (Lipinski definition) is 0. The van der Waals surface area contributed by atoms with Crippen LogP contribution in [0.1, 0.15) is 34.6 Å². The SMILES string of the molecule is CC(=O)OC[C@H]1O[13C@@H](OC(C)=O)[C@H](OC(C)=O)[C@@H](OC(C)=O)[C@@H]1OC(C)=O. The average molecular weight is 391 g/mol. The minimum Gasteiger partial charge on any atom is -0.463 e. The summed E-state index contributed by atoms with van der Waals surface area (Å²) in [5.41, 5.74) is 0. The lowest BCUT2D eigenvalue weighted by molar-refractivity contribution is -0.300. The molecule has 1 fully saturated rings. The number of esters is 5. The van der Waals surface area contributed by atoms with E-state index in [2.05, 4.69) is 0 Å². The van der Waals surface area contributed by atoms with Crippen molar-refractivity contribution in [3.63, 3.8) is 0 Å². The Labute approximate surface area is 155 Å². The summed E-state index contributed by atoms with van der Waals surface area (Å²) in [7, 11) is 0. The van der Waals surface area contributed by atoms with E-state index in [9.17, 15) is 24.0 Å². The Morgan fingerprint density at radius 1 is 0.630 bits per heavy atom. The quantitative estimate of drug-likeness (QED) is 0.333. The Balaban J connectivity index is 3.29. The van der Waals surface area contributed by atoms with Crippen LogP contribution in [0.15, 0.2) is 0 Å². The van der Waals surface area contributed by atoms with Crippen LogP contribution in [0, 0.1) is 0 Å². The minimum absolute atomic E-state index is 0.393. The molecule has 5 atom stereocenters. The van der Waals surface area contributed by atoms with Crippen LogP contribution >= 0.6 is 0 Å². The Morgan fingerprint density at radius 3 is 1.52 bits per heavy atom. The Morgan fingerprint density at radius 2 is 1.07 bits per heavy atom. The molecular weight excluding hydrogens is 369 g/mol. The molecule has 1 heterocycles. The van der Waals surface area contributed by atoms with E-state index in [0.29, 0.717) is 0 Å². The van der Waals surface area contributed by atoms with Gasteiger partial charge in [0.2, 0.25) is 12.4 Å². The van der Waals surface area contributed by atoms with Gasteiger partial charge in [0, 0.05) is 34.6 Å². The van der Waals surface area contributed by atoms with Crippen LogP contribution in [-0.2, 0) is 52.4 Å². The topological polar surface area (TPSA) is 141 Å². The lowest BCUT2D eigenvalue weighted by Crippen LogP contribution is -2.63. The largest absolute Gasteiger partial charge is 0.463 e. The van der Waals surface area contributed by atoms with E-state index < -0.39 is 67.2 Å². The lowest BCUT2D eigenvalue weighted by atomic mass is 10.0. The zero-order chi connectivity index (χ0) is 20.7. The highest BCUT2D eigenvalue weighted by molar-refractivity contribution is 5.69. The Kier molecular flexibility index (Phi) is 8.16. The third kappa shape index (κ3) is 7.21. The molecule has 0 aliphatic carbocycles. The molecule has 0 bridgehead atoms. The maximum absolute atomic E-state index is 11.5. The second kappa shape index (κ2) is 9.86. The summed E-state index contributed by atoms with van der Waals surface area (Å²) < 4.78 is 30.8. The fourth-order valence-electron chi connectivity index (χ4n) is 2.45. The first kappa shape index (κ1) is 22.4. The fourth-order valence-corrected chi connectivity index (χ4v) is 2.45. The molecule has 1 aliphatic rings. The van der Waals surface area contributed by atoms with Crippen LogP contribution in [0.25, 0.3) is 0 Å². The summed E-state index contributed by atoms with van der Waals surface area (Å²) in [4.78, 5) is 57.0. The molecule has 0 unspecified atom stereocenters. The van der Waals surface area contributed by atoms with Crippen molar-refractivity contribution in [2.45, 2.75) is 65.3 Å². The van der Waals surface area contributed by atoms with E-state index in [-0.39, 0.29) is 0 Å². The summed E-state index contributed by atoms with van der Waals surface area (Å²) in [5.74, 6) is -3.71. The molecule has 0 N–H and O–H groups in total. The highest BCUT2D eigenvalue weighted by Crippen LogP contribution is 2.29. The van der Waals surface area contributed by atoms with Gasteiger partial charge in [0.15, 0.2) is 12.2 Å². The Bertz CT molecular complexity index is 599. The van der Waals surface area contributed by atoms with Gasteiger partial charge in [-0.1, -0.05) is 0 Å². The zero-order valence-electron chi connectivity index (χ0n) is 15.6. The second-order valence-electron chi connectivity index (χ2n) is 5.68. The highest BCUT2D eigenvalue weighted by atomic mass is 16.8. The van der Waals surface area contributed by atoms with Gasteiger partial charge in [0.1, 0.15) is 12.7 Å². The summed E-state index contributed by atoms with van der Waals surface area (Å²) >= 11 is 0. The number of hydrogen-bond acceptors (Lipinski definition) is 11. The van der Waals surface area contributed by atoms with Crippen molar-refractivity contribution in [3.05, 3.63) is 0 Å². The molecule has 0 spiro atoms. The third-order valence-corrected chi connectivity index (χ3v) is 3.23. The molecule has 1 saturated heterocycles. The van der Waals surface area contributed by atoms with E-state index in [1.54, 1.807) is 0 Å². The Hall–Kier alpha value is -2.69. The van der Waals surface area contributed by atoms with E-state index in [1.165, 1.54) is 0 Å². The van der Waals surface area contributed by atoms with E-state index in [1.807, 2.05) is 0 Å². The summed E-state index contributed by atoms with van der Waals surface area (Å²) in [6.45, 7) is 5.13. The fraction of sp³-hybridized carbons (Fsp3) is 0.688. The predicted molar refractivity (Wildman–Crippen MR) is 83.7 cm³/mol. The van der Waals surface area contributed by atoms with Crippen LogP contribution < -0.4 is 0 Å². The highest BCUT2D eigenvalue weighted by Gasteiger charge is 2.53. The number of carbonyl (C=O) groups is 5. The van der Waals surface area contributed by atoms with E-state index in [4.69, 9.17) is 28.4 Å². The molecule has 1 rings (SSSR count). The van der Waals surface area contributed by atoms with E-state index in [0.717, 1.165) is 34.6 Å². The summed E-state index contributed by atoms with van der Waals surface area (Å²) in [6, 6.07) is 0. The monoisotopic (exact) mass is 391 g/mol. The molecule has 27 heavy (non-hydrogen) atoms. The van der Waals surface area contributed by atoms with Crippen molar-refractivity contribution in [2.24, 2.45) is 0 Å². The van der Waals surface area contributed by atoms with Crippen LogP contribution in [0.3, 0.4) is 0 Å². The molecule has 11 heteroatoms. The molecule has 0 aromatic rings. The molecule has 1 aliphatic heterocycles. The average Bonchev–Trinajstić information content (AvgIpc) is 2.49. The second-order valence-corrected chi connectivity index (χ2v) is 5.68. The standard InChI is InChI=1S/C16H22O11/c1-7(17)22-6-12-13(23-8(2)18)14(24-9(3)19)15(25-10(4)20)16(27-12)26-11(5)21/h12-16H,6H2,1-5H3/t12-,13-,14+,15-,16-/m1/s1/i16+1. The molecule has 0 aromatic heterocycles. The predicted octanol–water partition coefficient (Wildman–Crippen LogP) is -0.367. The number of rotatable bonds is 6. The van der Waals surface area contributed by atoms with Crippen molar-refractivity contribution in [2.75, 3.05) is 6.61 Å². The number of ether oxygens (including phenoxy) is 6.